The molecule has 5 aromatic rings. The number of aromatic nitrogens is 4. The molecule has 3 saturated heterocycles. The molecular weight excluding hydrogens is 805 g/mol. The quantitative estimate of drug-likeness (QED) is 0.177. The molecule has 4 fully saturated rings. The number of likely N-dealkylation sites (tertiary alicyclic amines) is 1. The van der Waals surface area contributed by atoms with Gasteiger partial charge in [0, 0.05) is 48.5 Å². The van der Waals surface area contributed by atoms with Crippen LogP contribution in [-0.2, 0) is 0 Å². The molecule has 3 aromatic heterocycles. The van der Waals surface area contributed by atoms with Crippen molar-refractivity contribution in [2.75, 3.05) is 50.0 Å². The molecule has 0 bridgehead atoms. The topological polar surface area (TPSA) is 162 Å². The average Bonchev–Trinajstić information content (AvgIpc) is 3.54. The number of halogens is 4. The summed E-state index contributed by atoms with van der Waals surface area (Å²) in [5.74, 6) is -0.394. The highest BCUT2D eigenvalue weighted by Gasteiger charge is 2.56. The van der Waals surface area contributed by atoms with Gasteiger partial charge >= 0.3 is 12.0 Å². The van der Waals surface area contributed by atoms with Crippen molar-refractivity contribution in [3.8, 4) is 35.0 Å². The number of fused-ring (bicyclic) bond motifs is 2. The molecule has 1 saturated carbocycles. The Morgan fingerprint density at radius 2 is 2.02 bits per heavy atom. The fourth-order valence-corrected chi connectivity index (χ4v) is 11.5. The zero-order valence-electron chi connectivity index (χ0n) is 32.1. The number of carbonyl (C=O) groups is 1. The fraction of sp³-hybridized carbons (Fsp3) is 0.463. The van der Waals surface area contributed by atoms with E-state index in [4.69, 9.17) is 31.8 Å². The number of amides is 1. The fourth-order valence-electron chi connectivity index (χ4n) is 10.2. The summed E-state index contributed by atoms with van der Waals surface area (Å²) in [7, 11) is 0. The number of hydrogen-bond donors (Lipinski definition) is 1. The van der Waals surface area contributed by atoms with E-state index in [0.717, 1.165) is 37.1 Å². The summed E-state index contributed by atoms with van der Waals surface area (Å²) in [5, 5.41) is 19.7. The first-order chi connectivity index (χ1) is 28.4. The van der Waals surface area contributed by atoms with Gasteiger partial charge < -0.3 is 25.0 Å². The molecule has 3 unspecified atom stereocenters. The van der Waals surface area contributed by atoms with Crippen LogP contribution in [-0.4, -0.2) is 98.5 Å². The Morgan fingerprint density at radius 3 is 2.76 bits per heavy atom. The summed E-state index contributed by atoms with van der Waals surface area (Å²) in [6, 6.07) is 5.81. The minimum atomic E-state index is -0.991. The van der Waals surface area contributed by atoms with Gasteiger partial charge in [-0.05, 0) is 56.2 Å². The molecule has 1 amide bonds. The van der Waals surface area contributed by atoms with Crippen molar-refractivity contribution in [1.29, 1.82) is 10.5 Å². The van der Waals surface area contributed by atoms with Gasteiger partial charge in [-0.25, -0.2) is 22.9 Å². The standard InChI is InChI=1S/C41H38ClF3N10O3S/c1-19-10-24(19)34-26(16-55(34)40(56)52-15-22(12-46)49-18-52)20(2)54-8-9-57-35-30-33(50-39(51-38(30)54)58-17-41-6-3-7-53(41)14-21(43)11-41)32(45)29(31(35)42)23-4-5-27(44)36-28(23)25(13-47)37(48)59-36/h4-5,15,18-21,24,26,34H,3,6-11,14,16-17,48H2,1-2H3/t19?,20?,21-,24?,26+,34-,41+/m1/s1. The number of rotatable bonds is 7. The van der Waals surface area contributed by atoms with Crippen molar-refractivity contribution in [3.63, 3.8) is 0 Å². The number of nitrogens with two attached hydrogens (primary N) is 1. The highest BCUT2D eigenvalue weighted by molar-refractivity contribution is 7.23. The average molecular weight is 843 g/mol. The minimum Gasteiger partial charge on any atom is -0.489 e. The maximum Gasteiger partial charge on any atom is 0.329 e. The zero-order chi connectivity index (χ0) is 41.1. The van der Waals surface area contributed by atoms with Crippen LogP contribution in [0.4, 0.5) is 28.8 Å². The predicted molar refractivity (Wildman–Crippen MR) is 214 cm³/mol. The number of nitrogens with zero attached hydrogens (tertiary/aromatic N) is 9. The van der Waals surface area contributed by atoms with Crippen LogP contribution in [0.1, 0.15) is 50.8 Å². The number of hydrogen-bond acceptors (Lipinski definition) is 12. The molecule has 18 heteroatoms. The van der Waals surface area contributed by atoms with Crippen molar-refractivity contribution < 1.29 is 27.4 Å². The Balaban J connectivity index is 1.10. The molecule has 13 nitrogen and oxygen atoms in total. The van der Waals surface area contributed by atoms with E-state index in [1.165, 1.54) is 29.2 Å². The summed E-state index contributed by atoms with van der Waals surface area (Å²) in [5.41, 5.74) is 5.62. The monoisotopic (exact) mass is 842 g/mol. The van der Waals surface area contributed by atoms with Crippen LogP contribution >= 0.6 is 22.9 Å². The first kappa shape index (κ1) is 37.9. The Bertz CT molecular complexity index is 2680. The summed E-state index contributed by atoms with van der Waals surface area (Å²) >= 11 is 8.05. The van der Waals surface area contributed by atoms with Crippen molar-refractivity contribution in [2.45, 2.75) is 63.3 Å². The predicted octanol–water partition coefficient (Wildman–Crippen LogP) is 7.13. The molecule has 5 aliphatic rings. The number of alkyl halides is 1. The Morgan fingerprint density at radius 1 is 1.20 bits per heavy atom. The first-order valence-electron chi connectivity index (χ1n) is 19.7. The Kier molecular flexibility index (Phi) is 8.90. The van der Waals surface area contributed by atoms with Gasteiger partial charge in [-0.3, -0.25) is 9.47 Å². The molecule has 10 rings (SSSR count). The van der Waals surface area contributed by atoms with Gasteiger partial charge in [0.15, 0.2) is 17.3 Å². The lowest BCUT2D eigenvalue weighted by Crippen LogP contribution is -2.66. The third-order valence-corrected chi connectivity index (χ3v) is 14.7. The highest BCUT2D eigenvalue weighted by Crippen LogP contribution is 2.54. The summed E-state index contributed by atoms with van der Waals surface area (Å²) < 4.78 is 61.8. The van der Waals surface area contributed by atoms with Gasteiger partial charge in [-0.15, -0.1) is 11.3 Å². The molecule has 0 spiro atoms. The smallest absolute Gasteiger partial charge is 0.329 e. The van der Waals surface area contributed by atoms with Gasteiger partial charge in [0.2, 0.25) is 0 Å². The number of nitrogen functional groups attached to an aromatic ring is 1. The highest BCUT2D eigenvalue weighted by atomic mass is 35.5. The summed E-state index contributed by atoms with van der Waals surface area (Å²) in [4.78, 5) is 33.4. The number of ether oxygens (including phenoxy) is 2. The maximum atomic E-state index is 17.6. The van der Waals surface area contributed by atoms with Gasteiger partial charge in [-0.2, -0.15) is 20.5 Å². The van der Waals surface area contributed by atoms with E-state index in [2.05, 4.69) is 28.7 Å². The van der Waals surface area contributed by atoms with E-state index in [1.807, 2.05) is 21.9 Å². The minimum absolute atomic E-state index is 0.00320. The molecule has 7 atom stereocenters. The third kappa shape index (κ3) is 5.79. The number of thiophene rings is 1. The van der Waals surface area contributed by atoms with Gasteiger partial charge in [-0.1, -0.05) is 24.6 Å². The molecule has 59 heavy (non-hydrogen) atoms. The van der Waals surface area contributed by atoms with E-state index < -0.39 is 23.3 Å². The van der Waals surface area contributed by atoms with Crippen LogP contribution < -0.4 is 20.1 Å². The van der Waals surface area contributed by atoms with Crippen molar-refractivity contribution in [2.24, 2.45) is 17.8 Å². The number of nitriles is 2. The second kappa shape index (κ2) is 13.9. The SMILES string of the molecule is CC1CC1[C@@H]1[C@H](C(C)N2CCOc3c(Cl)c(-c4ccc(F)c5sc(N)c(C#N)c45)c(F)c4nc(OC[C@@]56CCCN5C[C@H](F)C6)nc2c34)CN1C(=O)n1cnc(C#N)c1. The van der Waals surface area contributed by atoms with Crippen molar-refractivity contribution in [3.05, 3.63) is 52.6 Å². The molecule has 7 heterocycles. The summed E-state index contributed by atoms with van der Waals surface area (Å²) in [6.45, 7) is 6.22. The first-order valence-corrected chi connectivity index (χ1v) is 20.9. The molecule has 1 aliphatic carbocycles. The van der Waals surface area contributed by atoms with E-state index in [0.29, 0.717) is 37.8 Å². The normalized spacial score (nSPS) is 26.5. The molecule has 2 N–H and O–H groups in total. The third-order valence-electron chi connectivity index (χ3n) is 13.3. The van der Waals surface area contributed by atoms with Crippen molar-refractivity contribution in [1.82, 2.24) is 29.3 Å². The van der Waals surface area contributed by atoms with E-state index in [-0.39, 0.29) is 108 Å². The number of carbonyl (C=O) groups excluding carboxylic acids is 1. The maximum absolute atomic E-state index is 17.6. The molecule has 304 valence electrons. The molecule has 2 aromatic carbocycles. The largest absolute Gasteiger partial charge is 0.489 e. The van der Waals surface area contributed by atoms with Gasteiger partial charge in [0.05, 0.1) is 39.0 Å². The molecular formula is C41H38ClF3N10O3S. The lowest BCUT2D eigenvalue weighted by Gasteiger charge is -2.53. The Labute approximate surface area is 345 Å². The lowest BCUT2D eigenvalue weighted by atomic mass is 9.79. The number of benzene rings is 2. The molecule has 4 aliphatic heterocycles. The van der Waals surface area contributed by atoms with Crippen LogP contribution in [0, 0.1) is 52.1 Å². The van der Waals surface area contributed by atoms with Crippen molar-refractivity contribution >= 4 is 60.8 Å². The zero-order valence-corrected chi connectivity index (χ0v) is 33.7. The van der Waals surface area contributed by atoms with Gasteiger partial charge in [0.25, 0.3) is 0 Å². The van der Waals surface area contributed by atoms with E-state index >= 15 is 8.78 Å². The second-order valence-electron chi connectivity index (χ2n) is 16.5. The number of anilines is 2. The van der Waals surface area contributed by atoms with Crippen LogP contribution in [0.15, 0.2) is 24.7 Å². The van der Waals surface area contributed by atoms with E-state index in [9.17, 15) is 19.7 Å². The number of imidazole rings is 1. The molecule has 0 radical (unpaired) electrons. The van der Waals surface area contributed by atoms with Crippen LogP contribution in [0.3, 0.4) is 0 Å². The van der Waals surface area contributed by atoms with Gasteiger partial charge in [0.1, 0.15) is 60.0 Å². The van der Waals surface area contributed by atoms with Crippen LogP contribution in [0.2, 0.25) is 5.02 Å². The van der Waals surface area contributed by atoms with Crippen LogP contribution in [0.25, 0.3) is 32.1 Å². The summed E-state index contributed by atoms with van der Waals surface area (Å²) in [6.07, 6.45) is 4.69. The Hall–Kier alpha value is -5.36. The van der Waals surface area contributed by atoms with Crippen LogP contribution in [0.5, 0.6) is 11.8 Å². The lowest BCUT2D eigenvalue weighted by molar-refractivity contribution is 0.0198. The van der Waals surface area contributed by atoms with E-state index in [1.54, 1.807) is 0 Å². The second-order valence-corrected chi connectivity index (χ2v) is 18.0.